The van der Waals surface area contributed by atoms with Crippen molar-refractivity contribution in [1.82, 2.24) is 0 Å². The van der Waals surface area contributed by atoms with Crippen LogP contribution in [0.4, 0.5) is 4.39 Å². The highest BCUT2D eigenvalue weighted by Crippen LogP contribution is 2.41. The minimum absolute atomic E-state index is 0.0764. The van der Waals surface area contributed by atoms with E-state index < -0.39 is 20.1 Å². The van der Waals surface area contributed by atoms with Gasteiger partial charge in [0.25, 0.3) is 0 Å². The Kier molecular flexibility index (Phi) is 10.6. The fraction of sp³-hybridized carbons (Fsp3) is 0.462. The van der Waals surface area contributed by atoms with Gasteiger partial charge in [-0.3, -0.25) is 4.79 Å². The van der Waals surface area contributed by atoms with Crippen LogP contribution in [0.25, 0.3) is 11.1 Å². The molecule has 0 aliphatic heterocycles. The molecule has 44 heavy (non-hydrogen) atoms. The molecule has 0 aromatic heterocycles. The van der Waals surface area contributed by atoms with Crippen molar-refractivity contribution >= 4 is 14.3 Å². The van der Waals surface area contributed by atoms with Gasteiger partial charge in [-0.25, -0.2) is 4.39 Å². The zero-order valence-corrected chi connectivity index (χ0v) is 29.0. The molecule has 0 atom stereocenters. The van der Waals surface area contributed by atoms with E-state index in [0.29, 0.717) is 5.56 Å². The number of esters is 1. The fourth-order valence-corrected chi connectivity index (χ4v) is 8.28. The number of rotatable bonds is 9. The molecule has 1 saturated carbocycles. The molecule has 3 nitrogen and oxygen atoms in total. The maximum absolute atomic E-state index is 14.9. The van der Waals surface area contributed by atoms with Gasteiger partial charge in [-0.1, -0.05) is 74.6 Å². The Morgan fingerprint density at radius 2 is 1.55 bits per heavy atom. The van der Waals surface area contributed by atoms with E-state index in [9.17, 15) is 9.18 Å². The van der Waals surface area contributed by atoms with E-state index in [1.165, 1.54) is 49.1 Å². The van der Waals surface area contributed by atoms with E-state index in [0.717, 1.165) is 47.9 Å². The molecule has 0 unspecified atom stereocenters. The second kappa shape index (κ2) is 13.8. The van der Waals surface area contributed by atoms with Gasteiger partial charge >= 0.3 is 5.97 Å². The first-order chi connectivity index (χ1) is 20.8. The van der Waals surface area contributed by atoms with Crippen molar-refractivity contribution in [2.24, 2.45) is 0 Å². The molecule has 0 radical (unpaired) electrons. The zero-order valence-electron chi connectivity index (χ0n) is 28.0. The van der Waals surface area contributed by atoms with Crippen LogP contribution in [0, 0.1) is 31.5 Å². The number of hydrogen-bond acceptors (Lipinski definition) is 3. The number of carbonyl (C=O) groups excluding carboxylic acids is 1. The number of aryl methyl sites for hydroxylation is 2. The zero-order chi connectivity index (χ0) is 32.1. The van der Waals surface area contributed by atoms with E-state index in [2.05, 4.69) is 95.6 Å². The summed E-state index contributed by atoms with van der Waals surface area (Å²) in [4.78, 5) is 11.6. The average molecular weight is 613 g/mol. The van der Waals surface area contributed by atoms with Gasteiger partial charge in [-0.05, 0) is 123 Å². The highest BCUT2D eigenvalue weighted by atomic mass is 28.4. The first-order valence-corrected chi connectivity index (χ1v) is 19.6. The van der Waals surface area contributed by atoms with Gasteiger partial charge in [0.2, 0.25) is 0 Å². The Labute approximate surface area is 265 Å². The Balaban J connectivity index is 1.65. The Morgan fingerprint density at radius 1 is 0.909 bits per heavy atom. The van der Waals surface area contributed by atoms with Gasteiger partial charge in [0.05, 0.1) is 13.5 Å². The number of benzene rings is 3. The maximum atomic E-state index is 14.9. The summed E-state index contributed by atoms with van der Waals surface area (Å²) in [5.41, 5.74) is 7.56. The lowest BCUT2D eigenvalue weighted by Gasteiger charge is -2.38. The van der Waals surface area contributed by atoms with Crippen LogP contribution < -0.4 is 0 Å². The standard InChI is InChI=1S/C39H49FO3Si/c1-9-39(10-2,34-18-19-35(29(4)25-34)31-14-15-32(36(40)26-31)27-37(41)42-5)33-17-16-30(28(3)24-33)20-23-38(43-44(6,7)8)21-12-11-13-22-38/h14-19,24-26H,9-13,21-22,27H2,1-8H3. The average Bonchev–Trinajstić information content (AvgIpc) is 2.98. The molecular formula is C39H49FO3Si. The molecule has 0 heterocycles. The minimum atomic E-state index is -1.73. The molecule has 5 heteroatoms. The molecule has 1 aliphatic carbocycles. The first-order valence-electron chi connectivity index (χ1n) is 16.2. The third-order valence-electron chi connectivity index (χ3n) is 9.28. The number of carbonyl (C=O) groups is 1. The van der Waals surface area contributed by atoms with Crippen molar-refractivity contribution in [2.45, 2.75) is 110 Å². The smallest absolute Gasteiger partial charge is 0.310 e. The van der Waals surface area contributed by atoms with Crippen LogP contribution in [-0.4, -0.2) is 27.0 Å². The quantitative estimate of drug-likeness (QED) is 0.137. The van der Waals surface area contributed by atoms with E-state index >= 15 is 0 Å². The number of methoxy groups -OCH3 is 1. The Bertz CT molecular complexity index is 1550. The second-order valence-electron chi connectivity index (χ2n) is 13.4. The molecule has 3 aromatic rings. The molecule has 1 fully saturated rings. The normalized spacial score (nSPS) is 14.9. The maximum Gasteiger partial charge on any atom is 0.310 e. The van der Waals surface area contributed by atoms with Crippen molar-refractivity contribution in [3.8, 4) is 23.0 Å². The van der Waals surface area contributed by atoms with Crippen molar-refractivity contribution in [3.05, 3.63) is 93.8 Å². The van der Waals surface area contributed by atoms with Crippen molar-refractivity contribution in [2.75, 3.05) is 7.11 Å². The largest absolute Gasteiger partial charge is 0.469 e. The topological polar surface area (TPSA) is 35.5 Å². The summed E-state index contributed by atoms with van der Waals surface area (Å²) in [5, 5.41) is 0. The van der Waals surface area contributed by atoms with E-state index in [1.54, 1.807) is 6.07 Å². The van der Waals surface area contributed by atoms with Crippen LogP contribution >= 0.6 is 0 Å². The summed E-state index contributed by atoms with van der Waals surface area (Å²) in [6, 6.07) is 18.4. The molecule has 1 aliphatic rings. The van der Waals surface area contributed by atoms with E-state index in [4.69, 9.17) is 9.16 Å². The Hall–Kier alpha value is -3.20. The molecule has 0 N–H and O–H groups in total. The number of hydrogen-bond donors (Lipinski definition) is 0. The van der Waals surface area contributed by atoms with Crippen molar-refractivity contribution < 1.29 is 18.3 Å². The van der Waals surface area contributed by atoms with Crippen LogP contribution in [0.3, 0.4) is 0 Å². The van der Waals surface area contributed by atoms with Crippen LogP contribution in [0.15, 0.2) is 54.6 Å². The highest BCUT2D eigenvalue weighted by Gasteiger charge is 2.36. The summed E-state index contributed by atoms with van der Waals surface area (Å²) in [6.07, 6.45) is 7.51. The molecule has 234 valence electrons. The lowest BCUT2D eigenvalue weighted by Crippen LogP contribution is -2.43. The van der Waals surface area contributed by atoms with Crippen LogP contribution in [-0.2, 0) is 25.8 Å². The molecule has 0 amide bonds. The van der Waals surface area contributed by atoms with Crippen molar-refractivity contribution in [1.29, 1.82) is 0 Å². The first kappa shape index (κ1) is 33.7. The van der Waals surface area contributed by atoms with Gasteiger partial charge in [-0.2, -0.15) is 0 Å². The molecule has 4 rings (SSSR count). The monoisotopic (exact) mass is 612 g/mol. The third-order valence-corrected chi connectivity index (χ3v) is 10.3. The summed E-state index contributed by atoms with van der Waals surface area (Å²) >= 11 is 0. The molecule has 0 saturated heterocycles. The SMILES string of the molecule is CCC(CC)(c1ccc(C#CC2(O[Si](C)(C)C)CCCCC2)c(C)c1)c1ccc(-c2ccc(CC(=O)OC)c(F)c2)c(C)c1. The molecule has 0 bridgehead atoms. The van der Waals surface area contributed by atoms with Crippen LogP contribution in [0.2, 0.25) is 19.6 Å². The summed E-state index contributed by atoms with van der Waals surface area (Å²) in [5.74, 6) is 6.33. The van der Waals surface area contributed by atoms with Gasteiger partial charge in [0, 0.05) is 11.0 Å². The molecular weight excluding hydrogens is 564 g/mol. The predicted molar refractivity (Wildman–Crippen MR) is 182 cm³/mol. The van der Waals surface area contributed by atoms with Gasteiger partial charge in [-0.15, -0.1) is 0 Å². The lowest BCUT2D eigenvalue weighted by molar-refractivity contribution is -0.139. The molecule has 0 spiro atoms. The summed E-state index contributed by atoms with van der Waals surface area (Å²) in [7, 11) is -0.418. The predicted octanol–water partition coefficient (Wildman–Crippen LogP) is 9.84. The Morgan fingerprint density at radius 3 is 2.09 bits per heavy atom. The highest BCUT2D eigenvalue weighted by molar-refractivity contribution is 6.69. The van der Waals surface area contributed by atoms with Gasteiger partial charge < -0.3 is 9.16 Å². The summed E-state index contributed by atoms with van der Waals surface area (Å²) < 4.78 is 26.3. The second-order valence-corrected chi connectivity index (χ2v) is 17.9. The third kappa shape index (κ3) is 7.53. The van der Waals surface area contributed by atoms with Gasteiger partial charge in [0.1, 0.15) is 11.4 Å². The van der Waals surface area contributed by atoms with Crippen molar-refractivity contribution in [3.63, 3.8) is 0 Å². The van der Waals surface area contributed by atoms with Crippen LogP contribution in [0.5, 0.6) is 0 Å². The number of ether oxygens (including phenoxy) is 1. The van der Waals surface area contributed by atoms with Crippen LogP contribution in [0.1, 0.15) is 92.2 Å². The fourth-order valence-electron chi connectivity index (χ4n) is 6.85. The summed E-state index contributed by atoms with van der Waals surface area (Å²) in [6.45, 7) is 15.5. The minimum Gasteiger partial charge on any atom is -0.469 e. The molecule has 3 aromatic carbocycles. The number of halogens is 1. The van der Waals surface area contributed by atoms with E-state index in [-0.39, 0.29) is 17.4 Å². The van der Waals surface area contributed by atoms with Gasteiger partial charge in [0.15, 0.2) is 8.32 Å². The van der Waals surface area contributed by atoms with E-state index in [1.807, 2.05) is 6.07 Å². The lowest BCUT2D eigenvalue weighted by atomic mass is 9.69.